The highest BCUT2D eigenvalue weighted by Crippen LogP contribution is 2.29. The van der Waals surface area contributed by atoms with Crippen LogP contribution in [0.1, 0.15) is 11.1 Å². The van der Waals surface area contributed by atoms with Crippen molar-refractivity contribution in [2.45, 2.75) is 9.79 Å². The van der Waals surface area contributed by atoms with Crippen molar-refractivity contribution in [1.29, 1.82) is 0 Å². The van der Waals surface area contributed by atoms with Crippen LogP contribution < -0.4 is 30.7 Å². The summed E-state index contributed by atoms with van der Waals surface area (Å²) >= 11 is 0. The third kappa shape index (κ3) is 20.5. The lowest BCUT2D eigenvalue weighted by Crippen LogP contribution is -2.32. The average Bonchev–Trinajstić information content (AvgIpc) is 3.37. The lowest BCUT2D eigenvalue weighted by Gasteiger charge is -2.17. The molecule has 2 heterocycles. The SMILES string of the molecule is COc1nc(Nc2ccccc2)nc(Nc2ccc(C=Cc3ccc(Nc4nc(Nc5ccccc5)nc(OC)n4)cc3S(=O)(=O)O)c(S(=O)(=O)O)c2)n1.OCCN(CCO)CCO.OCCN(CCO)CCO. The van der Waals surface area contributed by atoms with Crippen molar-refractivity contribution < 1.29 is 66.1 Å². The summed E-state index contributed by atoms with van der Waals surface area (Å²) in [5.41, 5.74) is 1.70. The number of rotatable bonds is 26. The van der Waals surface area contributed by atoms with E-state index < -0.39 is 30.0 Å². The molecule has 0 unspecified atom stereocenters. The van der Waals surface area contributed by atoms with E-state index in [1.807, 2.05) is 36.4 Å². The number of aliphatic hydroxyl groups is 6. The Hall–Kier alpha value is -7.06. The van der Waals surface area contributed by atoms with E-state index in [0.29, 0.717) is 50.6 Å². The second kappa shape index (κ2) is 30.9. The highest BCUT2D eigenvalue weighted by molar-refractivity contribution is 7.86. The zero-order chi connectivity index (χ0) is 53.9. The molecule has 0 fully saturated rings. The van der Waals surface area contributed by atoms with E-state index in [-0.39, 0.29) is 98.0 Å². The van der Waals surface area contributed by atoms with Gasteiger partial charge in [-0.25, -0.2) is 0 Å². The van der Waals surface area contributed by atoms with Crippen molar-refractivity contribution >= 4 is 78.9 Å². The first-order chi connectivity index (χ1) is 35.5. The molecule has 0 spiro atoms. The average molecular weight is 1070 g/mol. The third-order valence-corrected chi connectivity index (χ3v) is 11.5. The fourth-order valence-electron chi connectivity index (χ4n) is 6.32. The molecule has 0 saturated carbocycles. The molecule has 6 aromatic rings. The fourth-order valence-corrected chi connectivity index (χ4v) is 7.74. The molecule has 0 aliphatic heterocycles. The van der Waals surface area contributed by atoms with Gasteiger partial charge in [-0.1, -0.05) is 60.7 Å². The third-order valence-electron chi connectivity index (χ3n) is 9.69. The van der Waals surface area contributed by atoms with Crippen molar-refractivity contribution in [3.05, 3.63) is 108 Å². The molecule has 26 nitrogen and oxygen atoms in total. The van der Waals surface area contributed by atoms with Gasteiger partial charge in [0.15, 0.2) is 0 Å². The summed E-state index contributed by atoms with van der Waals surface area (Å²) in [6, 6.07) is 26.1. The maximum Gasteiger partial charge on any atom is 0.322 e. The lowest BCUT2D eigenvalue weighted by molar-refractivity contribution is 0.136. The Labute approximate surface area is 427 Å². The van der Waals surface area contributed by atoms with Crippen LogP contribution in [0.5, 0.6) is 12.0 Å². The van der Waals surface area contributed by atoms with Crippen LogP contribution in [0.25, 0.3) is 12.2 Å². The Kier molecular flexibility index (Phi) is 24.8. The van der Waals surface area contributed by atoms with Gasteiger partial charge in [0.1, 0.15) is 9.79 Å². The molecule has 4 aromatic carbocycles. The number of aliphatic hydroxyl groups excluding tert-OH is 6. The van der Waals surface area contributed by atoms with E-state index in [9.17, 15) is 25.9 Å². The largest absolute Gasteiger partial charge is 0.467 e. The van der Waals surface area contributed by atoms with Crippen molar-refractivity contribution in [2.24, 2.45) is 0 Å². The van der Waals surface area contributed by atoms with Crippen molar-refractivity contribution in [3.63, 3.8) is 0 Å². The zero-order valence-corrected chi connectivity index (χ0v) is 41.9. The van der Waals surface area contributed by atoms with Gasteiger partial charge >= 0.3 is 12.0 Å². The molecule has 0 bridgehead atoms. The Morgan fingerprint density at radius 2 is 0.716 bits per heavy atom. The summed E-state index contributed by atoms with van der Waals surface area (Å²) in [7, 11) is -6.90. The van der Waals surface area contributed by atoms with E-state index in [2.05, 4.69) is 51.2 Å². The molecule has 74 heavy (non-hydrogen) atoms. The van der Waals surface area contributed by atoms with Gasteiger partial charge in [0.05, 0.1) is 53.9 Å². The molecule has 6 rings (SSSR count). The Morgan fingerprint density at radius 3 is 0.973 bits per heavy atom. The lowest BCUT2D eigenvalue weighted by atomic mass is 10.1. The monoisotopic (exact) mass is 1070 g/mol. The van der Waals surface area contributed by atoms with Crippen molar-refractivity contribution in [1.82, 2.24) is 39.7 Å². The van der Waals surface area contributed by atoms with E-state index >= 15 is 0 Å². The van der Waals surface area contributed by atoms with E-state index in [4.69, 9.17) is 40.1 Å². The van der Waals surface area contributed by atoms with Gasteiger partial charge in [-0.05, 0) is 59.7 Å². The van der Waals surface area contributed by atoms with Crippen molar-refractivity contribution in [3.8, 4) is 12.0 Å². The number of nitrogens with one attached hydrogen (secondary N) is 4. The minimum absolute atomic E-state index is 0.00403. The van der Waals surface area contributed by atoms with Crippen LogP contribution in [0.4, 0.5) is 46.5 Å². The summed E-state index contributed by atoms with van der Waals surface area (Å²) in [6.45, 7) is 3.51. The van der Waals surface area contributed by atoms with Crippen LogP contribution in [0.3, 0.4) is 0 Å². The first-order valence-corrected chi connectivity index (χ1v) is 25.2. The summed E-state index contributed by atoms with van der Waals surface area (Å²) in [4.78, 5) is 27.8. The highest BCUT2D eigenvalue weighted by Gasteiger charge is 2.19. The minimum atomic E-state index is -4.82. The molecule has 2 aromatic heterocycles. The van der Waals surface area contributed by atoms with Crippen LogP contribution >= 0.6 is 0 Å². The molecule has 0 aliphatic carbocycles. The van der Waals surface area contributed by atoms with Crippen LogP contribution in [0.15, 0.2) is 107 Å². The maximum absolute atomic E-state index is 12.5. The predicted octanol–water partition coefficient (Wildman–Crippen LogP) is 2.24. The Balaban J connectivity index is 0.000000498. The topological polar surface area (TPSA) is 381 Å². The molecule has 0 radical (unpaired) electrons. The highest BCUT2D eigenvalue weighted by atomic mass is 32.2. The molecule has 400 valence electrons. The van der Waals surface area contributed by atoms with Crippen LogP contribution in [-0.2, 0) is 20.2 Å². The number of hydrogen-bond donors (Lipinski definition) is 12. The number of para-hydroxylation sites is 2. The summed E-state index contributed by atoms with van der Waals surface area (Å²) < 4.78 is 80.6. The predicted molar refractivity (Wildman–Crippen MR) is 276 cm³/mol. The standard InChI is InChI=1S/C34H30N10O8S2.2C6H15NO3/c1-51-33-41-29(35-23-9-5-3-6-10-23)39-31(43-33)37-25-17-15-21(27(19-25)53(45,46)47)13-14-22-16-18-26(20-28(22)54(48,49)50)38-32-40-30(42-34(44-32)52-2)36-24-11-7-4-8-12-24;2*8-4-1-7(2-5-9)3-6-10/h3-20H,1-2H3,(H,45,46,47)(H,48,49,50)(H2,35,37,39,41,43)(H2,36,38,40,42,44);2*8-10H,1-6H2. The van der Waals surface area contributed by atoms with Gasteiger partial charge in [-0.2, -0.15) is 46.7 Å². The molecule has 0 atom stereocenters. The van der Waals surface area contributed by atoms with E-state index in [0.717, 1.165) is 12.1 Å². The van der Waals surface area contributed by atoms with Gasteiger partial charge in [0.25, 0.3) is 20.2 Å². The van der Waals surface area contributed by atoms with Gasteiger partial charge in [-0.3, -0.25) is 18.9 Å². The van der Waals surface area contributed by atoms with Gasteiger partial charge in [0.2, 0.25) is 23.8 Å². The first-order valence-electron chi connectivity index (χ1n) is 22.4. The molecule has 0 aliphatic rings. The molecule has 0 saturated heterocycles. The van der Waals surface area contributed by atoms with Crippen molar-refractivity contribution in [2.75, 3.05) is 114 Å². The fraction of sp³-hybridized carbons (Fsp3) is 0.304. The first kappa shape index (κ1) is 59.5. The van der Waals surface area contributed by atoms with Crippen LogP contribution in [0, 0.1) is 0 Å². The normalized spacial score (nSPS) is 11.4. The second-order valence-electron chi connectivity index (χ2n) is 15.0. The molecule has 0 amide bonds. The van der Waals surface area contributed by atoms with E-state index in [1.165, 1.54) is 50.6 Å². The number of ether oxygens (including phenoxy) is 2. The zero-order valence-electron chi connectivity index (χ0n) is 40.3. The van der Waals surface area contributed by atoms with Crippen LogP contribution in [0.2, 0.25) is 0 Å². The number of anilines is 8. The summed E-state index contributed by atoms with van der Waals surface area (Å²) in [5.74, 6) is 0.268. The second-order valence-corrected chi connectivity index (χ2v) is 17.8. The summed E-state index contributed by atoms with van der Waals surface area (Å²) in [6.07, 6.45) is 2.52. The molecule has 12 N–H and O–H groups in total. The van der Waals surface area contributed by atoms with Gasteiger partial charge in [0, 0.05) is 62.0 Å². The van der Waals surface area contributed by atoms with Gasteiger partial charge < -0.3 is 61.4 Å². The number of methoxy groups -OCH3 is 2. The molecular weight excluding hydrogens is 1010 g/mol. The number of nitrogens with zero attached hydrogens (tertiary/aromatic N) is 8. The summed E-state index contributed by atoms with van der Waals surface area (Å²) in [5, 5.41) is 62.7. The Morgan fingerprint density at radius 1 is 0.432 bits per heavy atom. The number of aromatic nitrogens is 6. The Bertz CT molecular complexity index is 2680. The molecule has 28 heteroatoms. The number of hydrogen-bond acceptors (Lipinski definition) is 24. The van der Waals surface area contributed by atoms with Crippen LogP contribution in [-0.4, -0.2) is 189 Å². The minimum Gasteiger partial charge on any atom is -0.467 e. The van der Waals surface area contributed by atoms with Gasteiger partial charge in [-0.15, -0.1) is 0 Å². The quantitative estimate of drug-likeness (QED) is 0.0274. The maximum atomic E-state index is 12.5. The van der Waals surface area contributed by atoms with E-state index in [1.54, 1.807) is 34.1 Å². The molecular formula is C46H60N12O14S2. The number of benzene rings is 4. The smallest absolute Gasteiger partial charge is 0.322 e.